The summed E-state index contributed by atoms with van der Waals surface area (Å²) >= 11 is 3.24. The van der Waals surface area contributed by atoms with Crippen LogP contribution in [-0.2, 0) is 4.79 Å². The molecule has 1 heterocycles. The average molecular weight is 339 g/mol. The van der Waals surface area contributed by atoms with E-state index in [4.69, 9.17) is 9.84 Å². The first-order valence-electron chi connectivity index (χ1n) is 5.65. The first-order valence-corrected chi connectivity index (χ1v) is 6.44. The molecule has 104 valence electrons. The maximum absolute atomic E-state index is 12.0. The summed E-state index contributed by atoms with van der Waals surface area (Å²) < 4.78 is 5.87. The number of carboxylic acids is 1. The van der Waals surface area contributed by atoms with Crippen molar-refractivity contribution in [1.82, 2.24) is 4.98 Å². The summed E-state index contributed by atoms with van der Waals surface area (Å²) in [6, 6.07) is 8.26. The number of carbonyl (C=O) groups is 2. The summed E-state index contributed by atoms with van der Waals surface area (Å²) in [6.07, 6.45) is 1.64. The van der Waals surface area contributed by atoms with Gasteiger partial charge in [-0.3, -0.25) is 4.79 Å². The lowest BCUT2D eigenvalue weighted by Gasteiger charge is -2.10. The number of aliphatic carboxylic acids is 1. The summed E-state index contributed by atoms with van der Waals surface area (Å²) in [5, 5.41) is 11.3. The van der Waals surface area contributed by atoms with Crippen LogP contribution < -0.4 is 10.1 Å². The van der Waals surface area contributed by atoms with E-state index in [1.165, 1.54) is 0 Å². The minimum atomic E-state index is -1.08. The van der Waals surface area contributed by atoms with Crippen LogP contribution in [0.4, 0.5) is 5.69 Å². The van der Waals surface area contributed by atoms with Gasteiger partial charge in [-0.1, -0.05) is 12.1 Å². The lowest BCUT2D eigenvalue weighted by molar-refractivity contribution is -0.139. The van der Waals surface area contributed by atoms with Crippen molar-refractivity contribution in [1.29, 1.82) is 0 Å². The standard InChI is InChI=1S/C13H11BrN2O4/c14-8-5-10(15-6-8)13(19)16-9-3-1-2-4-11(9)20-7-12(17)18/h1-6,15H,7H2,(H,16,19)(H,17,18). The second-order valence-corrected chi connectivity index (χ2v) is 4.78. The molecule has 0 aliphatic heterocycles. The molecule has 0 aliphatic carbocycles. The van der Waals surface area contributed by atoms with Gasteiger partial charge in [-0.25, -0.2) is 4.79 Å². The van der Waals surface area contributed by atoms with Gasteiger partial charge in [0.2, 0.25) is 0 Å². The van der Waals surface area contributed by atoms with Gasteiger partial charge < -0.3 is 20.1 Å². The average Bonchev–Trinajstić information content (AvgIpc) is 2.84. The fraction of sp³-hybridized carbons (Fsp3) is 0.0769. The molecule has 7 heteroatoms. The predicted octanol–water partition coefficient (Wildman–Crippen LogP) is 2.49. The van der Waals surface area contributed by atoms with Crippen molar-refractivity contribution in [2.45, 2.75) is 0 Å². The maximum Gasteiger partial charge on any atom is 0.341 e. The number of rotatable bonds is 5. The highest BCUT2D eigenvalue weighted by Gasteiger charge is 2.12. The van der Waals surface area contributed by atoms with E-state index in [0.717, 1.165) is 4.47 Å². The van der Waals surface area contributed by atoms with E-state index in [0.29, 0.717) is 17.1 Å². The number of amides is 1. The number of aromatic amines is 1. The number of H-pyrrole nitrogens is 1. The van der Waals surface area contributed by atoms with Crippen LogP contribution in [0.25, 0.3) is 0 Å². The number of hydrogen-bond acceptors (Lipinski definition) is 3. The Hall–Kier alpha value is -2.28. The maximum atomic E-state index is 12.0. The van der Waals surface area contributed by atoms with E-state index in [2.05, 4.69) is 26.2 Å². The van der Waals surface area contributed by atoms with Gasteiger partial charge in [-0.05, 0) is 34.1 Å². The molecular formula is C13H11BrN2O4. The van der Waals surface area contributed by atoms with Gasteiger partial charge in [0, 0.05) is 10.7 Å². The van der Waals surface area contributed by atoms with E-state index < -0.39 is 12.6 Å². The van der Waals surface area contributed by atoms with Gasteiger partial charge in [-0.15, -0.1) is 0 Å². The monoisotopic (exact) mass is 338 g/mol. The molecule has 3 N–H and O–H groups in total. The number of nitrogens with one attached hydrogen (secondary N) is 2. The summed E-state index contributed by atoms with van der Waals surface area (Å²) in [7, 11) is 0. The zero-order chi connectivity index (χ0) is 14.5. The van der Waals surface area contributed by atoms with Crippen LogP contribution in [0.5, 0.6) is 5.75 Å². The Morgan fingerprint density at radius 2 is 2.10 bits per heavy atom. The molecular weight excluding hydrogens is 328 g/mol. The van der Waals surface area contributed by atoms with E-state index >= 15 is 0 Å². The first-order chi connectivity index (χ1) is 9.56. The van der Waals surface area contributed by atoms with E-state index in [1.807, 2.05) is 0 Å². The molecule has 0 spiro atoms. The lowest BCUT2D eigenvalue weighted by Crippen LogP contribution is -2.15. The number of aromatic nitrogens is 1. The molecule has 1 amide bonds. The third-order valence-electron chi connectivity index (χ3n) is 2.38. The Kier molecular flexibility index (Phi) is 4.41. The molecule has 1 aromatic carbocycles. The van der Waals surface area contributed by atoms with Crippen molar-refractivity contribution in [2.75, 3.05) is 11.9 Å². The smallest absolute Gasteiger partial charge is 0.341 e. The number of ether oxygens (including phenoxy) is 1. The summed E-state index contributed by atoms with van der Waals surface area (Å²) in [5.41, 5.74) is 0.786. The normalized spacial score (nSPS) is 10.1. The van der Waals surface area contributed by atoms with Crippen molar-refractivity contribution in [3.8, 4) is 5.75 Å². The Bertz CT molecular complexity index is 639. The number of benzene rings is 1. The molecule has 2 rings (SSSR count). The highest BCUT2D eigenvalue weighted by Crippen LogP contribution is 2.24. The number of anilines is 1. The van der Waals surface area contributed by atoms with Crippen LogP contribution in [0.1, 0.15) is 10.5 Å². The molecule has 0 fully saturated rings. The SMILES string of the molecule is O=C(O)COc1ccccc1NC(=O)c1cc(Br)c[nH]1. The van der Waals surface area contributed by atoms with Gasteiger partial charge >= 0.3 is 5.97 Å². The van der Waals surface area contributed by atoms with E-state index in [1.54, 1.807) is 36.5 Å². The van der Waals surface area contributed by atoms with Gasteiger partial charge in [0.15, 0.2) is 6.61 Å². The van der Waals surface area contributed by atoms with Crippen molar-refractivity contribution in [3.05, 3.63) is 46.7 Å². The van der Waals surface area contributed by atoms with Gasteiger partial charge in [0.05, 0.1) is 5.69 Å². The summed E-state index contributed by atoms with van der Waals surface area (Å²) in [6.45, 7) is -0.471. The molecule has 1 aromatic heterocycles. The number of carboxylic acid groups (broad SMARTS) is 1. The number of carbonyl (C=O) groups excluding carboxylic acids is 1. The molecule has 0 aliphatic rings. The summed E-state index contributed by atoms with van der Waals surface area (Å²) in [5.74, 6) is -1.13. The van der Waals surface area contributed by atoms with Crippen LogP contribution >= 0.6 is 15.9 Å². The largest absolute Gasteiger partial charge is 0.480 e. The Balaban J connectivity index is 2.12. The van der Waals surface area contributed by atoms with Gasteiger partial charge in [0.25, 0.3) is 5.91 Å². The fourth-order valence-electron chi connectivity index (χ4n) is 1.52. The zero-order valence-electron chi connectivity index (χ0n) is 10.2. The molecule has 20 heavy (non-hydrogen) atoms. The van der Waals surface area contributed by atoms with Crippen molar-refractivity contribution < 1.29 is 19.4 Å². The second kappa shape index (κ2) is 6.25. The second-order valence-electron chi connectivity index (χ2n) is 3.86. The van der Waals surface area contributed by atoms with Crippen LogP contribution in [-0.4, -0.2) is 28.6 Å². The van der Waals surface area contributed by atoms with Crippen molar-refractivity contribution >= 4 is 33.5 Å². The van der Waals surface area contributed by atoms with Crippen LogP contribution in [0, 0.1) is 0 Å². The van der Waals surface area contributed by atoms with Crippen molar-refractivity contribution in [3.63, 3.8) is 0 Å². The molecule has 0 saturated carbocycles. The van der Waals surface area contributed by atoms with Gasteiger partial charge in [-0.2, -0.15) is 0 Å². The van der Waals surface area contributed by atoms with Gasteiger partial charge in [0.1, 0.15) is 11.4 Å². The lowest BCUT2D eigenvalue weighted by atomic mass is 10.3. The third-order valence-corrected chi connectivity index (χ3v) is 2.84. The fourth-order valence-corrected chi connectivity index (χ4v) is 1.87. The number of hydrogen-bond donors (Lipinski definition) is 3. The quantitative estimate of drug-likeness (QED) is 0.781. The zero-order valence-corrected chi connectivity index (χ0v) is 11.8. The molecule has 0 bridgehead atoms. The summed E-state index contributed by atoms with van der Waals surface area (Å²) in [4.78, 5) is 25.3. The predicted molar refractivity (Wildman–Crippen MR) is 76.0 cm³/mol. The molecule has 0 radical (unpaired) electrons. The number of halogens is 1. The molecule has 0 saturated heterocycles. The van der Waals surface area contributed by atoms with Crippen LogP contribution in [0.2, 0.25) is 0 Å². The van der Waals surface area contributed by atoms with E-state index in [-0.39, 0.29) is 5.91 Å². The van der Waals surface area contributed by atoms with Crippen molar-refractivity contribution in [2.24, 2.45) is 0 Å². The van der Waals surface area contributed by atoms with Crippen LogP contribution in [0.3, 0.4) is 0 Å². The van der Waals surface area contributed by atoms with E-state index in [9.17, 15) is 9.59 Å². The topological polar surface area (TPSA) is 91.4 Å². The Morgan fingerprint density at radius 3 is 2.75 bits per heavy atom. The molecule has 0 atom stereocenters. The molecule has 0 unspecified atom stereocenters. The minimum Gasteiger partial charge on any atom is -0.480 e. The Morgan fingerprint density at radius 1 is 1.35 bits per heavy atom. The molecule has 6 nitrogen and oxygen atoms in total. The van der Waals surface area contributed by atoms with Crippen LogP contribution in [0.15, 0.2) is 41.0 Å². The third kappa shape index (κ3) is 3.61. The number of para-hydroxylation sites is 2. The first kappa shape index (κ1) is 14.1. The highest BCUT2D eigenvalue weighted by atomic mass is 79.9. The Labute approximate surface area is 122 Å². The highest BCUT2D eigenvalue weighted by molar-refractivity contribution is 9.10. The minimum absolute atomic E-state index is 0.300. The molecule has 2 aromatic rings.